The molecular weight excluding hydrogens is 573 g/mol. The number of nitrogens with one attached hydrogen (secondary N) is 1. The Hall–Kier alpha value is -4.23. The highest BCUT2D eigenvalue weighted by atomic mass is 32.2. The number of carbonyl (C=O) groups excluding carboxylic acids is 1. The Kier molecular flexibility index (Phi) is 8.36. The molecule has 1 aliphatic heterocycles. The summed E-state index contributed by atoms with van der Waals surface area (Å²) in [5.74, 6) is 0.431. The van der Waals surface area contributed by atoms with E-state index in [9.17, 15) is 18.0 Å². The average molecular weight is 597 g/mol. The van der Waals surface area contributed by atoms with Crippen LogP contribution in [0.3, 0.4) is 0 Å². The molecule has 4 aromatic rings. The predicted octanol–water partition coefficient (Wildman–Crippen LogP) is 5.69. The number of benzene rings is 3. The number of rotatable bonds is 7. The lowest BCUT2D eigenvalue weighted by atomic mass is 10.1. The van der Waals surface area contributed by atoms with Crippen LogP contribution in [0.1, 0.15) is 11.1 Å². The van der Waals surface area contributed by atoms with E-state index in [1.165, 1.54) is 47.0 Å². The first-order valence-electron chi connectivity index (χ1n) is 12.4. The number of anilines is 1. The molecule has 3 aromatic carbocycles. The van der Waals surface area contributed by atoms with Gasteiger partial charge < -0.3 is 10.1 Å². The van der Waals surface area contributed by atoms with Crippen molar-refractivity contribution >= 4 is 45.9 Å². The summed E-state index contributed by atoms with van der Waals surface area (Å²) < 4.78 is 42.6. The van der Waals surface area contributed by atoms with Crippen LogP contribution in [0.5, 0.6) is 5.75 Å². The molecule has 0 atom stereocenters. The summed E-state index contributed by atoms with van der Waals surface area (Å²) in [7, 11) is 0. The van der Waals surface area contributed by atoms with Crippen molar-refractivity contribution in [2.45, 2.75) is 19.7 Å². The quantitative estimate of drug-likeness (QED) is 0.274. The number of halogens is 3. The molecule has 41 heavy (non-hydrogen) atoms. The van der Waals surface area contributed by atoms with E-state index in [1.807, 2.05) is 55.5 Å². The van der Waals surface area contributed by atoms with Crippen LogP contribution < -0.4 is 15.0 Å². The summed E-state index contributed by atoms with van der Waals surface area (Å²) in [5.41, 5.74) is 4.11. The molecule has 1 saturated heterocycles. The number of thioether (sulfide) groups is 1. The summed E-state index contributed by atoms with van der Waals surface area (Å²) in [6, 6.07) is 20.7. The van der Waals surface area contributed by atoms with E-state index >= 15 is 0 Å². The third-order valence-corrected chi connectivity index (χ3v) is 7.18. The number of alkyl halides is 3. The number of ether oxygens (including phenoxy) is 1. The van der Waals surface area contributed by atoms with Crippen molar-refractivity contribution in [1.29, 1.82) is 0 Å². The maximum absolute atomic E-state index is 12.5. The van der Waals surface area contributed by atoms with Crippen LogP contribution in [0.15, 0.2) is 84.1 Å². The second-order valence-electron chi connectivity index (χ2n) is 8.94. The zero-order valence-corrected chi connectivity index (χ0v) is 23.3. The molecule has 0 aliphatic carbocycles. The van der Waals surface area contributed by atoms with Gasteiger partial charge in [0.1, 0.15) is 12.1 Å². The monoisotopic (exact) mass is 596 g/mol. The zero-order valence-electron chi connectivity index (χ0n) is 21.6. The fourth-order valence-corrected chi connectivity index (χ4v) is 5.24. The van der Waals surface area contributed by atoms with Gasteiger partial charge in [0.15, 0.2) is 16.1 Å². The van der Waals surface area contributed by atoms with Gasteiger partial charge in [0.05, 0.1) is 17.1 Å². The summed E-state index contributed by atoms with van der Waals surface area (Å²) in [6.45, 7) is 2.47. The second-order valence-corrected chi connectivity index (χ2v) is 10.3. The van der Waals surface area contributed by atoms with Gasteiger partial charge in [0, 0.05) is 12.1 Å². The van der Waals surface area contributed by atoms with E-state index in [2.05, 4.69) is 25.1 Å². The Labute approximate surface area is 243 Å². The van der Waals surface area contributed by atoms with Crippen LogP contribution in [0, 0.1) is 6.92 Å². The minimum atomic E-state index is -4.75. The standard InChI is InChI=1S/C28H23F3N6O2S2/c1-18-5-2-3-8-23(18)37-24(38)16-41-27(37)34-26(40)32-14-13-19-6-4-7-20(15-19)25-33-17-36(35-25)21-9-11-22(12-10-21)39-28(29,30)31/h2-12,15,17H,13-14,16H2,1H3,(H,32,40). The Morgan fingerprint density at radius 1 is 1.12 bits per heavy atom. The van der Waals surface area contributed by atoms with Crippen LogP contribution in [-0.2, 0) is 11.2 Å². The van der Waals surface area contributed by atoms with E-state index in [-0.39, 0.29) is 11.7 Å². The highest BCUT2D eigenvalue weighted by Crippen LogP contribution is 2.29. The van der Waals surface area contributed by atoms with Crippen molar-refractivity contribution in [2.24, 2.45) is 4.99 Å². The number of para-hydroxylation sites is 1. The van der Waals surface area contributed by atoms with Crippen LogP contribution in [0.4, 0.5) is 18.9 Å². The van der Waals surface area contributed by atoms with Crippen molar-refractivity contribution in [1.82, 2.24) is 20.1 Å². The van der Waals surface area contributed by atoms with Gasteiger partial charge in [0.2, 0.25) is 5.91 Å². The third-order valence-electron chi connectivity index (χ3n) is 6.02. The number of amidine groups is 1. The van der Waals surface area contributed by atoms with Gasteiger partial charge in [-0.15, -0.1) is 18.3 Å². The highest BCUT2D eigenvalue weighted by Gasteiger charge is 2.31. The summed E-state index contributed by atoms with van der Waals surface area (Å²) >= 11 is 6.78. The average Bonchev–Trinajstić information content (AvgIpc) is 3.56. The van der Waals surface area contributed by atoms with Crippen molar-refractivity contribution in [2.75, 3.05) is 17.2 Å². The van der Waals surface area contributed by atoms with Gasteiger partial charge in [-0.3, -0.25) is 9.69 Å². The van der Waals surface area contributed by atoms with Gasteiger partial charge in [-0.2, -0.15) is 4.99 Å². The lowest BCUT2D eigenvalue weighted by molar-refractivity contribution is -0.274. The number of amides is 1. The zero-order chi connectivity index (χ0) is 29.0. The number of nitrogens with zero attached hydrogens (tertiary/aromatic N) is 5. The Morgan fingerprint density at radius 3 is 2.66 bits per heavy atom. The molecule has 8 nitrogen and oxygen atoms in total. The van der Waals surface area contributed by atoms with Gasteiger partial charge in [-0.05, 0) is 73.1 Å². The lowest BCUT2D eigenvalue weighted by Crippen LogP contribution is -2.32. The molecule has 1 amide bonds. The summed E-state index contributed by atoms with van der Waals surface area (Å²) in [5, 5.41) is 8.44. The molecule has 2 heterocycles. The van der Waals surface area contributed by atoms with Gasteiger partial charge >= 0.3 is 6.36 Å². The van der Waals surface area contributed by atoms with Crippen LogP contribution in [-0.4, -0.2) is 49.6 Å². The number of thiocarbonyl (C=S) groups is 1. The maximum Gasteiger partial charge on any atom is 0.573 e. The highest BCUT2D eigenvalue weighted by molar-refractivity contribution is 8.15. The molecule has 0 radical (unpaired) electrons. The van der Waals surface area contributed by atoms with E-state index in [4.69, 9.17) is 12.2 Å². The maximum atomic E-state index is 12.5. The fourth-order valence-electron chi connectivity index (χ4n) is 4.12. The minimum Gasteiger partial charge on any atom is -0.406 e. The number of hydrogen-bond donors (Lipinski definition) is 1. The van der Waals surface area contributed by atoms with Crippen molar-refractivity contribution in [3.8, 4) is 22.8 Å². The molecule has 0 spiro atoms. The first-order chi connectivity index (χ1) is 19.7. The Morgan fingerprint density at radius 2 is 1.90 bits per heavy atom. The number of aromatic nitrogens is 3. The molecule has 0 bridgehead atoms. The first-order valence-corrected chi connectivity index (χ1v) is 13.8. The summed E-state index contributed by atoms with van der Waals surface area (Å²) in [4.78, 5) is 23.0. The molecular formula is C28H23F3N6O2S2. The molecule has 13 heteroatoms. The Balaban J connectivity index is 1.19. The van der Waals surface area contributed by atoms with Gasteiger partial charge in [-0.1, -0.05) is 48.2 Å². The van der Waals surface area contributed by atoms with Crippen LogP contribution >= 0.6 is 24.0 Å². The van der Waals surface area contributed by atoms with Crippen LogP contribution in [0.25, 0.3) is 17.1 Å². The number of carbonyl (C=O) groups is 1. The Bertz CT molecular complexity index is 1600. The summed E-state index contributed by atoms with van der Waals surface area (Å²) in [6.07, 6.45) is -2.61. The molecule has 1 N–H and O–H groups in total. The number of hydrogen-bond acceptors (Lipinski definition) is 6. The topological polar surface area (TPSA) is 84.6 Å². The van der Waals surface area contributed by atoms with E-state index in [1.54, 1.807) is 4.90 Å². The largest absolute Gasteiger partial charge is 0.573 e. The number of aliphatic imine (C=N–C) groups is 1. The SMILES string of the molecule is Cc1ccccc1N1C(=O)CSC1=NC(=S)NCCc1cccc(-c2ncn(-c3ccc(OC(F)(F)F)cc3)n2)c1. The van der Waals surface area contributed by atoms with E-state index < -0.39 is 6.36 Å². The third kappa shape index (κ3) is 7.11. The van der Waals surface area contributed by atoms with Crippen molar-refractivity contribution in [3.63, 3.8) is 0 Å². The van der Waals surface area contributed by atoms with Gasteiger partial charge in [0.25, 0.3) is 0 Å². The molecule has 1 fully saturated rings. The molecule has 1 aromatic heterocycles. The van der Waals surface area contributed by atoms with Crippen LogP contribution in [0.2, 0.25) is 0 Å². The van der Waals surface area contributed by atoms with Gasteiger partial charge in [-0.25, -0.2) is 9.67 Å². The molecule has 0 unspecified atom stereocenters. The normalized spacial score (nSPS) is 14.5. The van der Waals surface area contributed by atoms with Crippen molar-refractivity contribution < 1.29 is 22.7 Å². The van der Waals surface area contributed by atoms with Crippen molar-refractivity contribution in [3.05, 3.63) is 90.3 Å². The smallest absolute Gasteiger partial charge is 0.406 e. The first kappa shape index (κ1) is 28.3. The van der Waals surface area contributed by atoms with E-state index in [0.717, 1.165) is 22.4 Å². The molecule has 210 valence electrons. The second kappa shape index (κ2) is 12.1. The molecule has 0 saturated carbocycles. The molecule has 1 aliphatic rings. The predicted molar refractivity (Wildman–Crippen MR) is 156 cm³/mol. The lowest BCUT2D eigenvalue weighted by Gasteiger charge is -2.18. The fraction of sp³-hybridized carbons (Fsp3) is 0.179. The number of aryl methyl sites for hydroxylation is 1. The minimum absolute atomic E-state index is 0.0359. The molecule has 5 rings (SSSR count). The van der Waals surface area contributed by atoms with E-state index in [0.29, 0.717) is 40.5 Å².